The maximum absolute atomic E-state index is 5.39. The molecule has 1 unspecified atom stereocenters. The van der Waals surface area contributed by atoms with Crippen molar-refractivity contribution in [3.63, 3.8) is 0 Å². The number of para-hydroxylation sites is 2. The van der Waals surface area contributed by atoms with E-state index in [1.54, 1.807) is 0 Å². The molecule has 2 aromatic carbocycles. The summed E-state index contributed by atoms with van der Waals surface area (Å²) in [4.78, 5) is 5.05. The Kier molecular flexibility index (Phi) is 2.35. The van der Waals surface area contributed by atoms with E-state index in [-0.39, 0.29) is 0 Å². The first-order valence-electron chi connectivity index (χ1n) is 6.17. The van der Waals surface area contributed by atoms with Crippen molar-refractivity contribution < 1.29 is 4.74 Å². The molecule has 0 saturated carbocycles. The van der Waals surface area contributed by atoms with Gasteiger partial charge in [-0.15, -0.1) is 0 Å². The summed E-state index contributed by atoms with van der Waals surface area (Å²) >= 11 is 1.85. The number of hydrogen-bond acceptors (Lipinski definition) is 3. The number of hydrogen-bond donors (Lipinski definition) is 0. The topological polar surface area (TPSA) is 15.8 Å². The fourth-order valence-electron chi connectivity index (χ4n) is 2.35. The average Bonchev–Trinajstić information content (AvgIpc) is 3.22. The Morgan fingerprint density at radius 2 is 1.56 bits per heavy atom. The van der Waals surface area contributed by atoms with Crippen molar-refractivity contribution in [2.75, 3.05) is 18.1 Å². The number of benzene rings is 2. The number of nitrogens with zero attached hydrogens (tertiary/aromatic N) is 1. The van der Waals surface area contributed by atoms with Gasteiger partial charge in [0.15, 0.2) is 0 Å². The molecule has 2 aliphatic rings. The van der Waals surface area contributed by atoms with Crippen molar-refractivity contribution in [3.8, 4) is 0 Å². The molecule has 90 valence electrons. The zero-order chi connectivity index (χ0) is 11.9. The Hall–Kier alpha value is -1.45. The van der Waals surface area contributed by atoms with Gasteiger partial charge in [-0.05, 0) is 24.3 Å². The SMILES string of the molecule is c1ccc2c(c1)Sc1ccccc1N2CC1CO1. The van der Waals surface area contributed by atoms with Crippen molar-refractivity contribution >= 4 is 23.1 Å². The van der Waals surface area contributed by atoms with E-state index in [1.165, 1.54) is 21.2 Å². The van der Waals surface area contributed by atoms with Crippen LogP contribution in [0.25, 0.3) is 0 Å². The average molecular weight is 255 g/mol. The molecule has 2 aromatic rings. The third kappa shape index (κ3) is 1.71. The molecule has 0 radical (unpaired) electrons. The Morgan fingerprint density at radius 1 is 1.00 bits per heavy atom. The molecule has 0 aromatic heterocycles. The van der Waals surface area contributed by atoms with Crippen LogP contribution in [-0.2, 0) is 4.74 Å². The van der Waals surface area contributed by atoms with Gasteiger partial charge >= 0.3 is 0 Å². The van der Waals surface area contributed by atoms with Gasteiger partial charge in [0, 0.05) is 9.79 Å². The molecular weight excluding hydrogens is 242 g/mol. The van der Waals surface area contributed by atoms with Crippen molar-refractivity contribution in [2.24, 2.45) is 0 Å². The molecule has 1 fully saturated rings. The summed E-state index contributed by atoms with van der Waals surface area (Å²) in [5.41, 5.74) is 2.61. The van der Waals surface area contributed by atoms with Crippen LogP contribution in [0.4, 0.5) is 11.4 Å². The van der Waals surface area contributed by atoms with Crippen LogP contribution in [0, 0.1) is 0 Å². The Balaban J connectivity index is 1.83. The van der Waals surface area contributed by atoms with Crippen LogP contribution in [-0.4, -0.2) is 19.3 Å². The molecule has 1 saturated heterocycles. The third-order valence-corrected chi connectivity index (χ3v) is 4.45. The van der Waals surface area contributed by atoms with Gasteiger partial charge in [0.2, 0.25) is 0 Å². The second kappa shape index (κ2) is 4.04. The van der Waals surface area contributed by atoms with Crippen molar-refractivity contribution in [3.05, 3.63) is 48.5 Å². The smallest absolute Gasteiger partial charge is 0.0988 e. The standard InChI is InChI=1S/C15H13NOS/c1-3-7-14-12(5-1)16(9-11-10-17-11)13-6-2-4-8-15(13)18-14/h1-8,11H,9-10H2. The van der Waals surface area contributed by atoms with E-state index >= 15 is 0 Å². The number of fused-ring (bicyclic) bond motifs is 2. The summed E-state index contributed by atoms with van der Waals surface area (Å²) in [5.74, 6) is 0. The maximum Gasteiger partial charge on any atom is 0.0988 e. The van der Waals surface area contributed by atoms with E-state index < -0.39 is 0 Å². The molecule has 1 atom stereocenters. The third-order valence-electron chi connectivity index (χ3n) is 3.32. The molecule has 2 nitrogen and oxygen atoms in total. The van der Waals surface area contributed by atoms with E-state index in [2.05, 4.69) is 53.4 Å². The first kappa shape index (κ1) is 10.5. The highest BCUT2D eigenvalue weighted by molar-refractivity contribution is 7.99. The molecule has 0 spiro atoms. The van der Waals surface area contributed by atoms with Gasteiger partial charge in [0.25, 0.3) is 0 Å². The molecule has 18 heavy (non-hydrogen) atoms. The van der Waals surface area contributed by atoms with Crippen LogP contribution in [0.5, 0.6) is 0 Å². The molecular formula is C15H13NOS. The fourth-order valence-corrected chi connectivity index (χ4v) is 3.45. The molecule has 3 heteroatoms. The van der Waals surface area contributed by atoms with Crippen LogP contribution < -0.4 is 4.90 Å². The van der Waals surface area contributed by atoms with E-state index in [0.29, 0.717) is 6.10 Å². The monoisotopic (exact) mass is 255 g/mol. The van der Waals surface area contributed by atoms with Gasteiger partial charge in [-0.25, -0.2) is 0 Å². The van der Waals surface area contributed by atoms with Crippen molar-refractivity contribution in [2.45, 2.75) is 15.9 Å². The molecule has 2 heterocycles. The molecule has 0 aliphatic carbocycles. The highest BCUT2D eigenvalue weighted by atomic mass is 32.2. The molecule has 0 N–H and O–H groups in total. The summed E-state index contributed by atoms with van der Waals surface area (Å²) in [6.45, 7) is 1.85. The quantitative estimate of drug-likeness (QED) is 0.761. The Bertz CT molecular complexity index is 549. The predicted molar refractivity (Wildman–Crippen MR) is 73.8 cm³/mol. The fraction of sp³-hybridized carbons (Fsp3) is 0.200. The van der Waals surface area contributed by atoms with Crippen molar-refractivity contribution in [1.82, 2.24) is 0 Å². The van der Waals surface area contributed by atoms with Gasteiger partial charge in [-0.1, -0.05) is 36.0 Å². The summed E-state index contributed by atoms with van der Waals surface area (Å²) in [6, 6.07) is 17.2. The second-order valence-electron chi connectivity index (χ2n) is 4.60. The lowest BCUT2D eigenvalue weighted by Crippen LogP contribution is -2.25. The van der Waals surface area contributed by atoms with E-state index in [9.17, 15) is 0 Å². The van der Waals surface area contributed by atoms with Crippen LogP contribution in [0.3, 0.4) is 0 Å². The Labute approximate surface area is 111 Å². The summed E-state index contributed by atoms with van der Waals surface area (Å²) in [7, 11) is 0. The molecule has 0 bridgehead atoms. The summed E-state index contributed by atoms with van der Waals surface area (Å²) in [6.07, 6.45) is 0.397. The predicted octanol–water partition coefficient (Wildman–Crippen LogP) is 3.69. The van der Waals surface area contributed by atoms with E-state index in [0.717, 1.165) is 13.2 Å². The summed E-state index contributed by atoms with van der Waals surface area (Å²) in [5, 5.41) is 0. The lowest BCUT2D eigenvalue weighted by Gasteiger charge is -2.32. The number of anilines is 2. The second-order valence-corrected chi connectivity index (χ2v) is 5.69. The normalized spacial score (nSPS) is 20.2. The lowest BCUT2D eigenvalue weighted by molar-refractivity contribution is 0.411. The zero-order valence-corrected chi connectivity index (χ0v) is 10.7. The molecule has 2 aliphatic heterocycles. The zero-order valence-electron chi connectivity index (χ0n) is 9.87. The van der Waals surface area contributed by atoms with E-state index in [1.807, 2.05) is 11.8 Å². The van der Waals surface area contributed by atoms with Gasteiger partial charge in [0.05, 0.1) is 30.6 Å². The van der Waals surface area contributed by atoms with Crippen molar-refractivity contribution in [1.29, 1.82) is 0 Å². The molecule has 0 amide bonds. The highest BCUT2D eigenvalue weighted by Gasteiger charge is 2.30. The van der Waals surface area contributed by atoms with Gasteiger partial charge in [-0.3, -0.25) is 0 Å². The van der Waals surface area contributed by atoms with Gasteiger partial charge in [-0.2, -0.15) is 0 Å². The van der Waals surface area contributed by atoms with Gasteiger partial charge in [0.1, 0.15) is 0 Å². The van der Waals surface area contributed by atoms with Crippen LogP contribution in [0.1, 0.15) is 0 Å². The number of epoxide rings is 1. The Morgan fingerprint density at radius 3 is 2.11 bits per heavy atom. The van der Waals surface area contributed by atoms with Crippen LogP contribution in [0.2, 0.25) is 0 Å². The number of ether oxygens (including phenoxy) is 1. The molecule has 4 rings (SSSR count). The lowest BCUT2D eigenvalue weighted by atomic mass is 10.2. The largest absolute Gasteiger partial charge is 0.371 e. The maximum atomic E-state index is 5.39. The first-order chi connectivity index (χ1) is 8.92. The minimum atomic E-state index is 0.397. The van der Waals surface area contributed by atoms with Crippen LogP contribution >= 0.6 is 11.8 Å². The first-order valence-corrected chi connectivity index (χ1v) is 6.98. The minimum Gasteiger partial charge on any atom is -0.371 e. The summed E-state index contributed by atoms with van der Waals surface area (Å²) < 4.78 is 5.39. The van der Waals surface area contributed by atoms with Crippen LogP contribution in [0.15, 0.2) is 58.3 Å². The minimum absolute atomic E-state index is 0.397. The van der Waals surface area contributed by atoms with Gasteiger partial charge < -0.3 is 9.64 Å². The highest BCUT2D eigenvalue weighted by Crippen LogP contribution is 2.48. The number of rotatable bonds is 2. The van der Waals surface area contributed by atoms with E-state index in [4.69, 9.17) is 4.74 Å².